The summed E-state index contributed by atoms with van der Waals surface area (Å²) in [5.41, 5.74) is 0.114. The largest absolute Gasteiger partial charge is 0.493 e. The molecule has 1 aromatic rings. The number of benzene rings is 1. The van der Waals surface area contributed by atoms with Crippen LogP contribution in [-0.2, 0) is 18.4 Å². The fourth-order valence-electron chi connectivity index (χ4n) is 3.59. The minimum absolute atomic E-state index is 0.345. The van der Waals surface area contributed by atoms with E-state index in [2.05, 4.69) is 45.8 Å². The first-order chi connectivity index (χ1) is 15.2. The molecule has 0 radical (unpaired) electrons. The quantitative estimate of drug-likeness (QED) is 0.165. The van der Waals surface area contributed by atoms with Gasteiger partial charge in [0.15, 0.2) is 28.1 Å². The highest BCUT2D eigenvalue weighted by Gasteiger charge is 2.40. The highest BCUT2D eigenvalue weighted by atomic mass is 28.4. The summed E-state index contributed by atoms with van der Waals surface area (Å²) in [5, 5.41) is 0. The Bertz CT molecular complexity index is 772. The first kappa shape index (κ1) is 29.4. The summed E-state index contributed by atoms with van der Waals surface area (Å²) >= 11 is 0. The van der Waals surface area contributed by atoms with E-state index in [9.17, 15) is 4.79 Å². The van der Waals surface area contributed by atoms with Crippen molar-refractivity contribution < 1.29 is 32.6 Å². The number of hydrogen-bond acceptors (Lipinski definition) is 7. The van der Waals surface area contributed by atoms with Gasteiger partial charge >= 0.3 is 5.97 Å². The number of carbonyl (C=O) groups excluding carboxylic acids is 1. The number of ether oxygens (including phenoxy) is 4. The van der Waals surface area contributed by atoms with Crippen LogP contribution in [0.15, 0.2) is 18.2 Å². The lowest BCUT2D eigenvalue weighted by Gasteiger charge is -2.43. The molecule has 1 aromatic carbocycles. The molecule has 1 atom stereocenters. The summed E-state index contributed by atoms with van der Waals surface area (Å²) < 4.78 is 34.9. The Labute approximate surface area is 203 Å². The molecule has 7 nitrogen and oxygen atoms in total. The third kappa shape index (κ3) is 10.0. The Balaban J connectivity index is 2.98. The van der Waals surface area contributed by atoms with Crippen LogP contribution in [-0.4, -0.2) is 65.0 Å². The molecular formula is C23H42O7Si3. The fourth-order valence-corrected chi connectivity index (χ4v) is 10.6. The highest BCUT2D eigenvalue weighted by molar-refractivity contribution is 6.72. The molecule has 0 saturated heterocycles. The Morgan fingerprint density at radius 2 is 1.45 bits per heavy atom. The molecule has 0 aliphatic heterocycles. The SMILES string of the molecule is COc1cc(/C=C/C(=O)OC(C)CC(O[Si](C)(C)C)(O[Si](C)(C)C)[SiH2]C)cc(OC)c1OC. The predicted octanol–water partition coefficient (Wildman–Crippen LogP) is 4.62. The minimum atomic E-state index is -1.86. The molecule has 1 rings (SSSR count). The number of rotatable bonds is 13. The van der Waals surface area contributed by atoms with Gasteiger partial charge in [-0.2, -0.15) is 0 Å². The summed E-state index contributed by atoms with van der Waals surface area (Å²) in [6.45, 7) is 17.1. The molecule has 10 heteroatoms. The van der Waals surface area contributed by atoms with Crippen LogP contribution in [0.25, 0.3) is 6.08 Å². The summed E-state index contributed by atoms with van der Waals surface area (Å²) in [7, 11) is 0.211. The number of carbonyl (C=O) groups is 1. The monoisotopic (exact) mass is 514 g/mol. The zero-order valence-electron chi connectivity index (χ0n) is 22.2. The van der Waals surface area contributed by atoms with Crippen molar-refractivity contribution in [2.75, 3.05) is 21.3 Å². The van der Waals surface area contributed by atoms with E-state index in [1.165, 1.54) is 6.08 Å². The smallest absolute Gasteiger partial charge is 0.331 e. The number of methoxy groups -OCH3 is 3. The van der Waals surface area contributed by atoms with Crippen LogP contribution in [0, 0.1) is 0 Å². The lowest BCUT2D eigenvalue weighted by atomic mass is 10.1. The molecule has 33 heavy (non-hydrogen) atoms. The molecule has 1 unspecified atom stereocenters. The van der Waals surface area contributed by atoms with E-state index in [1.54, 1.807) is 39.5 Å². The molecule has 0 N–H and O–H groups in total. The van der Waals surface area contributed by atoms with Crippen LogP contribution in [0.1, 0.15) is 18.9 Å². The van der Waals surface area contributed by atoms with E-state index < -0.39 is 37.5 Å². The Hall–Kier alpha value is -1.60. The fraction of sp³-hybridized carbons (Fsp3) is 0.609. The molecule has 0 amide bonds. The minimum Gasteiger partial charge on any atom is -0.493 e. The molecule has 188 valence electrons. The van der Waals surface area contributed by atoms with E-state index in [-0.39, 0.29) is 6.10 Å². The molecular weight excluding hydrogens is 473 g/mol. The third-order valence-corrected chi connectivity index (χ3v) is 8.74. The zero-order valence-corrected chi connectivity index (χ0v) is 25.6. The van der Waals surface area contributed by atoms with Gasteiger partial charge in [0.1, 0.15) is 11.5 Å². The van der Waals surface area contributed by atoms with Crippen molar-refractivity contribution in [2.45, 2.75) is 70.7 Å². The average Bonchev–Trinajstić information content (AvgIpc) is 2.68. The van der Waals surface area contributed by atoms with Crippen LogP contribution in [0.5, 0.6) is 17.2 Å². The van der Waals surface area contributed by atoms with Crippen molar-refractivity contribution >= 4 is 38.2 Å². The van der Waals surface area contributed by atoms with Crippen molar-refractivity contribution in [3.63, 3.8) is 0 Å². The average molecular weight is 515 g/mol. The molecule has 0 aliphatic rings. The Kier molecular flexibility index (Phi) is 10.9. The number of esters is 1. The van der Waals surface area contributed by atoms with E-state index >= 15 is 0 Å². The number of hydrogen-bond donors (Lipinski definition) is 0. The highest BCUT2D eigenvalue weighted by Crippen LogP contribution is 2.38. The lowest BCUT2D eigenvalue weighted by molar-refractivity contribution is -0.148. The summed E-state index contributed by atoms with van der Waals surface area (Å²) in [6.07, 6.45) is 3.26. The van der Waals surface area contributed by atoms with Crippen molar-refractivity contribution in [3.8, 4) is 17.2 Å². The normalized spacial score (nSPS) is 14.0. The van der Waals surface area contributed by atoms with Crippen LogP contribution in [0.2, 0.25) is 45.8 Å². The van der Waals surface area contributed by atoms with Gasteiger partial charge in [-0.15, -0.1) is 0 Å². The molecule has 0 aromatic heterocycles. The van der Waals surface area contributed by atoms with Crippen LogP contribution < -0.4 is 14.2 Å². The van der Waals surface area contributed by atoms with Gasteiger partial charge in [-0.25, -0.2) is 4.79 Å². The van der Waals surface area contributed by atoms with E-state index in [0.717, 1.165) is 5.56 Å². The van der Waals surface area contributed by atoms with E-state index in [0.29, 0.717) is 23.7 Å². The van der Waals surface area contributed by atoms with Gasteiger partial charge in [-0.1, -0.05) is 6.55 Å². The third-order valence-electron chi connectivity index (χ3n) is 4.54. The predicted molar refractivity (Wildman–Crippen MR) is 141 cm³/mol. The molecule has 0 aliphatic carbocycles. The lowest BCUT2D eigenvalue weighted by Crippen LogP contribution is -2.55. The summed E-state index contributed by atoms with van der Waals surface area (Å²) in [4.78, 5) is 12.6. The van der Waals surface area contributed by atoms with Gasteiger partial charge in [0.2, 0.25) is 5.75 Å². The van der Waals surface area contributed by atoms with Crippen molar-refractivity contribution in [2.24, 2.45) is 0 Å². The summed E-state index contributed by atoms with van der Waals surface area (Å²) in [5.74, 6) is 1.10. The zero-order chi connectivity index (χ0) is 25.4. The first-order valence-corrected chi connectivity index (χ1v) is 20.2. The molecule has 0 saturated carbocycles. The standard InChI is InChI=1S/C23H42O7Si3/c1-17(16-23(31-5,29-32(6,7)8)30-33(9,10)11)28-21(24)13-12-18-14-19(25-2)22(27-4)20(15-18)26-3/h12-15,17H,16,31H2,1-11H3/b13-12+. The Morgan fingerprint density at radius 3 is 1.82 bits per heavy atom. The molecule has 0 bridgehead atoms. The van der Waals surface area contributed by atoms with Gasteiger partial charge in [-0.3, -0.25) is 0 Å². The van der Waals surface area contributed by atoms with Gasteiger partial charge in [0, 0.05) is 12.5 Å². The van der Waals surface area contributed by atoms with E-state index in [1.807, 2.05) is 6.92 Å². The maximum Gasteiger partial charge on any atom is 0.331 e. The second-order valence-electron chi connectivity index (χ2n) is 9.94. The van der Waals surface area contributed by atoms with Crippen molar-refractivity contribution in [3.05, 3.63) is 23.8 Å². The molecule has 0 fully saturated rings. The molecule has 0 heterocycles. The summed E-state index contributed by atoms with van der Waals surface area (Å²) in [6, 6.07) is 3.54. The first-order valence-electron chi connectivity index (χ1n) is 11.3. The maximum absolute atomic E-state index is 12.6. The second kappa shape index (κ2) is 12.2. The van der Waals surface area contributed by atoms with Crippen LogP contribution in [0.3, 0.4) is 0 Å². The van der Waals surface area contributed by atoms with Crippen LogP contribution in [0.4, 0.5) is 0 Å². The van der Waals surface area contributed by atoms with Gasteiger partial charge in [0.05, 0.1) is 30.8 Å². The van der Waals surface area contributed by atoms with Gasteiger partial charge in [-0.05, 0) is 70.0 Å². The van der Waals surface area contributed by atoms with Crippen molar-refractivity contribution in [1.82, 2.24) is 0 Å². The second-order valence-corrected chi connectivity index (χ2v) is 20.6. The van der Waals surface area contributed by atoms with E-state index in [4.69, 9.17) is 27.8 Å². The Morgan fingerprint density at radius 1 is 0.970 bits per heavy atom. The topological polar surface area (TPSA) is 72.5 Å². The maximum atomic E-state index is 12.6. The molecule has 0 spiro atoms. The van der Waals surface area contributed by atoms with Crippen molar-refractivity contribution in [1.29, 1.82) is 0 Å². The van der Waals surface area contributed by atoms with Crippen LogP contribution >= 0.6 is 0 Å². The van der Waals surface area contributed by atoms with Gasteiger partial charge in [0.25, 0.3) is 0 Å². The van der Waals surface area contributed by atoms with Gasteiger partial charge < -0.3 is 27.8 Å².